The Labute approximate surface area is 143 Å². The predicted octanol–water partition coefficient (Wildman–Crippen LogP) is 2.67. The van der Waals surface area contributed by atoms with Gasteiger partial charge >= 0.3 is 0 Å². The number of likely N-dealkylation sites (tertiary alicyclic amines) is 1. The van der Waals surface area contributed by atoms with Crippen molar-refractivity contribution in [3.63, 3.8) is 0 Å². The highest BCUT2D eigenvalue weighted by atomic mass is 19.1. The molecule has 7 nitrogen and oxygen atoms in total. The summed E-state index contributed by atoms with van der Waals surface area (Å²) in [5, 5.41) is 4.03. The lowest BCUT2D eigenvalue weighted by atomic mass is 9.96. The molecular weight excluding hydrogens is 325 g/mol. The van der Waals surface area contributed by atoms with E-state index in [9.17, 15) is 9.18 Å². The second-order valence-corrected chi connectivity index (χ2v) is 6.24. The molecule has 3 aromatic rings. The Hall–Kier alpha value is -2.77. The van der Waals surface area contributed by atoms with Gasteiger partial charge in [0, 0.05) is 25.4 Å². The minimum atomic E-state index is -0.459. The number of nitrogens with one attached hydrogen (secondary N) is 1. The molecular formula is C17H18FN5O2. The molecule has 1 fully saturated rings. The van der Waals surface area contributed by atoms with Crippen LogP contribution in [0.25, 0.3) is 11.0 Å². The van der Waals surface area contributed by atoms with Crippen LogP contribution >= 0.6 is 0 Å². The van der Waals surface area contributed by atoms with Crippen molar-refractivity contribution in [2.24, 2.45) is 0 Å². The number of aromatic nitrogens is 4. The molecule has 0 bridgehead atoms. The molecule has 1 amide bonds. The molecule has 2 aromatic heterocycles. The lowest BCUT2D eigenvalue weighted by Gasteiger charge is -2.31. The molecule has 8 heteroatoms. The third kappa shape index (κ3) is 2.88. The number of rotatable bonds is 3. The number of H-pyrrole nitrogens is 1. The largest absolute Gasteiger partial charge is 0.344 e. The number of imidazole rings is 1. The minimum absolute atomic E-state index is 0.0324. The Balaban J connectivity index is 1.60. The first-order valence-electron chi connectivity index (χ1n) is 8.40. The Morgan fingerprint density at radius 3 is 3.16 bits per heavy atom. The second-order valence-electron chi connectivity index (χ2n) is 6.24. The fourth-order valence-corrected chi connectivity index (χ4v) is 3.30. The van der Waals surface area contributed by atoms with Crippen molar-refractivity contribution >= 4 is 16.9 Å². The van der Waals surface area contributed by atoms with Gasteiger partial charge in [-0.05, 0) is 25.0 Å². The smallest absolute Gasteiger partial charge is 0.256 e. The number of aromatic amines is 1. The number of carbonyl (C=O) groups excluding carboxylic acids is 1. The molecule has 1 aliphatic heterocycles. The molecule has 25 heavy (non-hydrogen) atoms. The van der Waals surface area contributed by atoms with Crippen LogP contribution in [0.2, 0.25) is 0 Å². The molecule has 1 aromatic carbocycles. The number of hydrogen-bond donors (Lipinski definition) is 1. The number of nitrogens with zero attached hydrogens (tertiary/aromatic N) is 4. The van der Waals surface area contributed by atoms with Crippen LogP contribution in [0.4, 0.5) is 4.39 Å². The zero-order valence-corrected chi connectivity index (χ0v) is 13.8. The molecule has 1 saturated heterocycles. The van der Waals surface area contributed by atoms with E-state index in [-0.39, 0.29) is 17.4 Å². The highest BCUT2D eigenvalue weighted by molar-refractivity contribution is 6.04. The summed E-state index contributed by atoms with van der Waals surface area (Å²) in [7, 11) is 0. The van der Waals surface area contributed by atoms with Crippen LogP contribution in [0.3, 0.4) is 0 Å². The van der Waals surface area contributed by atoms with E-state index in [1.54, 1.807) is 4.90 Å². The lowest BCUT2D eigenvalue weighted by Crippen LogP contribution is -2.39. The van der Waals surface area contributed by atoms with Crippen molar-refractivity contribution < 1.29 is 13.7 Å². The molecule has 0 radical (unpaired) electrons. The van der Waals surface area contributed by atoms with E-state index in [0.717, 1.165) is 12.8 Å². The van der Waals surface area contributed by atoms with Crippen LogP contribution in [0.5, 0.6) is 0 Å². The van der Waals surface area contributed by atoms with Gasteiger partial charge in [-0.25, -0.2) is 9.37 Å². The van der Waals surface area contributed by atoms with Gasteiger partial charge in [0.15, 0.2) is 5.82 Å². The quantitative estimate of drug-likeness (QED) is 0.790. The predicted molar refractivity (Wildman–Crippen MR) is 87.6 cm³/mol. The maximum atomic E-state index is 13.8. The van der Waals surface area contributed by atoms with Crippen molar-refractivity contribution in [2.75, 3.05) is 13.1 Å². The van der Waals surface area contributed by atoms with Crippen molar-refractivity contribution in [3.8, 4) is 0 Å². The van der Waals surface area contributed by atoms with Crippen LogP contribution in [0.1, 0.15) is 47.8 Å². The van der Waals surface area contributed by atoms with Crippen molar-refractivity contribution in [1.29, 1.82) is 0 Å². The topological polar surface area (TPSA) is 87.9 Å². The van der Waals surface area contributed by atoms with Gasteiger partial charge in [-0.1, -0.05) is 12.1 Å². The lowest BCUT2D eigenvalue weighted by molar-refractivity contribution is 0.0705. The van der Waals surface area contributed by atoms with Crippen molar-refractivity contribution in [2.45, 2.75) is 32.1 Å². The maximum Gasteiger partial charge on any atom is 0.256 e. The molecule has 0 aliphatic carbocycles. The zero-order chi connectivity index (χ0) is 17.4. The molecule has 1 N–H and O–H groups in total. The molecule has 0 saturated carbocycles. The standard InChI is InChI=1S/C17H18FN5O2/c1-2-14-21-16(22-25-14)10-4-3-5-23(8-10)17(24)12-6-11(18)7-13-15(12)20-9-19-13/h6-7,9-10H,2-5,8H2,1H3,(H,19,20)/t10-/m0/s1. The molecule has 0 unspecified atom stereocenters. The monoisotopic (exact) mass is 343 g/mol. The van der Waals surface area contributed by atoms with E-state index < -0.39 is 5.82 Å². The van der Waals surface area contributed by atoms with Crippen LogP contribution in [0, 0.1) is 5.82 Å². The van der Waals surface area contributed by atoms with Gasteiger partial charge in [-0.3, -0.25) is 4.79 Å². The summed E-state index contributed by atoms with van der Waals surface area (Å²) >= 11 is 0. The summed E-state index contributed by atoms with van der Waals surface area (Å²) in [6.45, 7) is 3.06. The first-order valence-corrected chi connectivity index (χ1v) is 8.40. The van der Waals surface area contributed by atoms with E-state index in [0.29, 0.717) is 42.3 Å². The van der Waals surface area contributed by atoms with Gasteiger partial charge in [-0.15, -0.1) is 0 Å². The SMILES string of the molecule is CCc1nc([C@H]2CCCN(C(=O)c3cc(F)cc4[nH]cnc34)C2)no1. The van der Waals surface area contributed by atoms with Gasteiger partial charge in [0.25, 0.3) is 5.91 Å². The summed E-state index contributed by atoms with van der Waals surface area (Å²) in [5.74, 6) is 0.588. The van der Waals surface area contributed by atoms with Gasteiger partial charge in [0.1, 0.15) is 11.3 Å². The molecule has 130 valence electrons. The fourth-order valence-electron chi connectivity index (χ4n) is 3.30. The summed E-state index contributed by atoms with van der Waals surface area (Å²) in [6, 6.07) is 2.59. The number of benzene rings is 1. The fraction of sp³-hybridized carbons (Fsp3) is 0.412. The minimum Gasteiger partial charge on any atom is -0.344 e. The van der Waals surface area contributed by atoms with E-state index in [1.807, 2.05) is 6.92 Å². The number of amides is 1. The summed E-state index contributed by atoms with van der Waals surface area (Å²) < 4.78 is 19.0. The van der Waals surface area contributed by atoms with Gasteiger partial charge in [-0.2, -0.15) is 4.98 Å². The average molecular weight is 343 g/mol. The van der Waals surface area contributed by atoms with Gasteiger partial charge in [0.2, 0.25) is 5.89 Å². The average Bonchev–Trinajstić information content (AvgIpc) is 3.29. The van der Waals surface area contributed by atoms with E-state index in [1.165, 1.54) is 18.5 Å². The van der Waals surface area contributed by atoms with Crippen molar-refractivity contribution in [3.05, 3.63) is 41.6 Å². The number of fused-ring (bicyclic) bond motifs is 1. The first-order chi connectivity index (χ1) is 12.2. The van der Waals surface area contributed by atoms with Crippen LogP contribution in [0.15, 0.2) is 23.0 Å². The van der Waals surface area contributed by atoms with Crippen molar-refractivity contribution in [1.82, 2.24) is 25.0 Å². The normalized spacial score (nSPS) is 18.0. The van der Waals surface area contributed by atoms with Crippen LogP contribution in [-0.2, 0) is 6.42 Å². The zero-order valence-electron chi connectivity index (χ0n) is 13.8. The number of aryl methyl sites for hydroxylation is 1. The van der Waals surface area contributed by atoms with E-state index in [2.05, 4.69) is 20.1 Å². The molecule has 3 heterocycles. The second kappa shape index (κ2) is 6.27. The Morgan fingerprint density at radius 1 is 1.48 bits per heavy atom. The van der Waals surface area contributed by atoms with E-state index >= 15 is 0 Å². The highest BCUT2D eigenvalue weighted by Gasteiger charge is 2.29. The summed E-state index contributed by atoms with van der Waals surface area (Å²) in [5.41, 5.74) is 1.28. The molecule has 0 spiro atoms. The maximum absolute atomic E-state index is 13.8. The third-order valence-corrected chi connectivity index (χ3v) is 4.58. The highest BCUT2D eigenvalue weighted by Crippen LogP contribution is 2.27. The first kappa shape index (κ1) is 15.7. The van der Waals surface area contributed by atoms with Crippen LogP contribution < -0.4 is 0 Å². The molecule has 1 atom stereocenters. The molecule has 1 aliphatic rings. The number of hydrogen-bond acceptors (Lipinski definition) is 5. The Bertz CT molecular complexity index is 919. The number of halogens is 1. The number of carbonyl (C=O) groups is 1. The Kier molecular flexibility index (Phi) is 3.95. The van der Waals surface area contributed by atoms with Crippen LogP contribution in [-0.4, -0.2) is 44.0 Å². The summed E-state index contributed by atoms with van der Waals surface area (Å²) in [6.07, 6.45) is 3.88. The third-order valence-electron chi connectivity index (χ3n) is 4.58. The van der Waals surface area contributed by atoms with Gasteiger partial charge in [0.05, 0.1) is 17.4 Å². The number of piperidine rings is 1. The summed E-state index contributed by atoms with van der Waals surface area (Å²) in [4.78, 5) is 26.1. The van der Waals surface area contributed by atoms with Gasteiger partial charge < -0.3 is 14.4 Å². The van der Waals surface area contributed by atoms with E-state index in [4.69, 9.17) is 4.52 Å². The Morgan fingerprint density at radius 2 is 2.36 bits per heavy atom. The molecule has 4 rings (SSSR count).